The number of anilines is 1. The van der Waals surface area contributed by atoms with Crippen LogP contribution in [0.2, 0.25) is 0 Å². The molecule has 1 fully saturated rings. The number of benzene rings is 2. The van der Waals surface area contributed by atoms with Crippen molar-refractivity contribution in [1.82, 2.24) is 15.5 Å². The van der Waals surface area contributed by atoms with Gasteiger partial charge in [0.05, 0.1) is 18.5 Å². The van der Waals surface area contributed by atoms with E-state index >= 15 is 0 Å². The van der Waals surface area contributed by atoms with Crippen LogP contribution in [0.4, 0.5) is 5.69 Å². The predicted molar refractivity (Wildman–Crippen MR) is 150 cm³/mol. The molecule has 1 saturated heterocycles. The molecule has 1 spiro atoms. The molecule has 0 radical (unpaired) electrons. The fraction of sp³-hybridized carbons (Fsp3) is 0.548. The summed E-state index contributed by atoms with van der Waals surface area (Å²) in [4.78, 5) is 30.6. The Kier molecular flexibility index (Phi) is 8.52. The van der Waals surface area contributed by atoms with Crippen LogP contribution in [0.3, 0.4) is 0 Å². The topological polar surface area (TPSA) is 73.9 Å². The van der Waals surface area contributed by atoms with Crippen molar-refractivity contribution in [3.05, 3.63) is 59.2 Å². The van der Waals surface area contributed by atoms with Gasteiger partial charge in [-0.3, -0.25) is 14.5 Å². The van der Waals surface area contributed by atoms with Crippen molar-refractivity contribution in [2.45, 2.75) is 57.9 Å². The van der Waals surface area contributed by atoms with Crippen LogP contribution >= 0.6 is 0 Å². The highest BCUT2D eigenvalue weighted by Crippen LogP contribution is 2.37. The summed E-state index contributed by atoms with van der Waals surface area (Å²) in [7, 11) is 2.14. The number of hydrogen-bond donors (Lipinski definition) is 2. The molecular weight excluding hydrogens is 476 g/mol. The van der Waals surface area contributed by atoms with E-state index < -0.39 is 0 Å². The van der Waals surface area contributed by atoms with Crippen LogP contribution in [0.5, 0.6) is 5.75 Å². The van der Waals surface area contributed by atoms with Gasteiger partial charge in [-0.25, -0.2) is 0 Å². The summed E-state index contributed by atoms with van der Waals surface area (Å²) in [5, 5.41) is 6.26. The lowest BCUT2D eigenvalue weighted by atomic mass is 9.73. The zero-order valence-corrected chi connectivity index (χ0v) is 22.8. The minimum atomic E-state index is -0.345. The molecule has 3 aliphatic rings. The minimum absolute atomic E-state index is 0.0507. The summed E-state index contributed by atoms with van der Waals surface area (Å²) >= 11 is 0. The fourth-order valence-corrected chi connectivity index (χ4v) is 6.28. The summed E-state index contributed by atoms with van der Waals surface area (Å²) < 4.78 is 5.96. The number of fused-ring (bicyclic) bond motifs is 2. The fourth-order valence-electron chi connectivity index (χ4n) is 6.28. The largest absolute Gasteiger partial charge is 0.491 e. The van der Waals surface area contributed by atoms with Gasteiger partial charge in [0.1, 0.15) is 12.4 Å². The first kappa shape index (κ1) is 26.5. The quantitative estimate of drug-likeness (QED) is 0.646. The Hall–Kier alpha value is -3.06. The zero-order chi connectivity index (χ0) is 26.4. The molecule has 5 rings (SSSR count). The van der Waals surface area contributed by atoms with Gasteiger partial charge >= 0.3 is 0 Å². The number of carbonyl (C=O) groups excluding carboxylic acids is 2. The van der Waals surface area contributed by atoms with Crippen molar-refractivity contribution in [3.8, 4) is 5.75 Å². The SMILES string of the molecule is CN1CCCc2cc(CNC(=O)CN3CCC4(CCCCc5ccccc5OCCNC4=O)CC3)ccc21. The van der Waals surface area contributed by atoms with E-state index in [2.05, 4.69) is 57.8 Å². The predicted octanol–water partition coefficient (Wildman–Crippen LogP) is 3.69. The summed E-state index contributed by atoms with van der Waals surface area (Å²) in [6.07, 6.45) is 7.79. The molecule has 7 nitrogen and oxygen atoms in total. The molecule has 0 bridgehead atoms. The molecule has 38 heavy (non-hydrogen) atoms. The first-order chi connectivity index (χ1) is 18.5. The number of piperidine rings is 1. The van der Waals surface area contributed by atoms with E-state index in [1.807, 2.05) is 12.1 Å². The highest BCUT2D eigenvalue weighted by atomic mass is 16.5. The molecule has 2 N–H and O–H groups in total. The lowest BCUT2D eigenvalue weighted by Crippen LogP contribution is -2.51. The standard InChI is InChI=1S/C31H42N4O3/c1-34-17-6-9-26-21-24(11-12-27(26)34)22-33-29(36)23-35-18-14-31(15-19-35)13-5-4-8-25-7-2-3-10-28(25)38-20-16-32-30(31)37/h2-3,7,10-12,21H,4-6,8-9,13-20,22-23H2,1H3,(H,32,37)(H,33,36). The molecule has 2 aromatic carbocycles. The van der Waals surface area contributed by atoms with Gasteiger partial charge < -0.3 is 20.3 Å². The average molecular weight is 519 g/mol. The van der Waals surface area contributed by atoms with E-state index in [1.165, 1.54) is 23.2 Å². The lowest BCUT2D eigenvalue weighted by molar-refractivity contribution is -0.135. The minimum Gasteiger partial charge on any atom is -0.491 e. The van der Waals surface area contributed by atoms with E-state index in [0.717, 1.165) is 75.9 Å². The van der Waals surface area contributed by atoms with Crippen LogP contribution in [0, 0.1) is 5.41 Å². The van der Waals surface area contributed by atoms with E-state index in [1.54, 1.807) is 0 Å². The number of para-hydroxylation sites is 1. The van der Waals surface area contributed by atoms with Gasteiger partial charge in [0.15, 0.2) is 0 Å². The van der Waals surface area contributed by atoms with Gasteiger partial charge in [-0.1, -0.05) is 36.8 Å². The smallest absolute Gasteiger partial charge is 0.234 e. The maximum atomic E-state index is 13.3. The number of hydrogen-bond acceptors (Lipinski definition) is 5. The Morgan fingerprint density at radius 1 is 1.00 bits per heavy atom. The summed E-state index contributed by atoms with van der Waals surface area (Å²) in [6.45, 7) is 4.57. The Balaban J connectivity index is 1.11. The molecule has 0 atom stereocenters. The van der Waals surface area contributed by atoms with Crippen LogP contribution in [0.25, 0.3) is 0 Å². The first-order valence-electron chi connectivity index (χ1n) is 14.3. The number of carbonyl (C=O) groups is 2. The van der Waals surface area contributed by atoms with Crippen LogP contribution in [0.15, 0.2) is 42.5 Å². The molecule has 204 valence electrons. The van der Waals surface area contributed by atoms with Gasteiger partial charge in [-0.15, -0.1) is 0 Å². The second-order valence-electron chi connectivity index (χ2n) is 11.2. The Morgan fingerprint density at radius 2 is 1.82 bits per heavy atom. The highest BCUT2D eigenvalue weighted by molar-refractivity contribution is 5.83. The Labute approximate surface area is 226 Å². The van der Waals surface area contributed by atoms with Gasteiger partial charge in [0.25, 0.3) is 0 Å². The zero-order valence-electron chi connectivity index (χ0n) is 22.8. The van der Waals surface area contributed by atoms with Crippen molar-refractivity contribution >= 4 is 17.5 Å². The summed E-state index contributed by atoms with van der Waals surface area (Å²) in [5.41, 5.74) is 4.74. The van der Waals surface area contributed by atoms with Crippen LogP contribution in [0.1, 0.15) is 55.2 Å². The lowest BCUT2D eigenvalue weighted by Gasteiger charge is -2.40. The second-order valence-corrected chi connectivity index (χ2v) is 11.2. The first-order valence-corrected chi connectivity index (χ1v) is 14.3. The van der Waals surface area contributed by atoms with Crippen molar-refractivity contribution < 1.29 is 14.3 Å². The molecule has 2 aromatic rings. The maximum Gasteiger partial charge on any atom is 0.234 e. The van der Waals surface area contributed by atoms with Gasteiger partial charge in [-0.2, -0.15) is 0 Å². The van der Waals surface area contributed by atoms with E-state index in [4.69, 9.17) is 4.74 Å². The number of nitrogens with one attached hydrogen (secondary N) is 2. The number of nitrogens with zero attached hydrogens (tertiary/aromatic N) is 2. The third-order valence-electron chi connectivity index (χ3n) is 8.62. The van der Waals surface area contributed by atoms with E-state index in [-0.39, 0.29) is 17.2 Å². The number of aryl methyl sites for hydroxylation is 2. The molecule has 2 amide bonds. The van der Waals surface area contributed by atoms with Gasteiger partial charge in [-0.05, 0) is 86.9 Å². The number of rotatable bonds is 4. The van der Waals surface area contributed by atoms with Crippen molar-refractivity contribution in [1.29, 1.82) is 0 Å². The summed E-state index contributed by atoms with van der Waals surface area (Å²) in [5.74, 6) is 1.13. The van der Waals surface area contributed by atoms with Gasteiger partial charge in [0, 0.05) is 25.8 Å². The Morgan fingerprint density at radius 3 is 2.68 bits per heavy atom. The second kappa shape index (κ2) is 12.2. The number of likely N-dealkylation sites (tertiary alicyclic amines) is 1. The summed E-state index contributed by atoms with van der Waals surface area (Å²) in [6, 6.07) is 14.8. The highest BCUT2D eigenvalue weighted by Gasteiger charge is 2.41. The Bertz CT molecular complexity index is 1130. The normalized spacial score (nSPS) is 20.2. The van der Waals surface area contributed by atoms with E-state index in [9.17, 15) is 9.59 Å². The molecule has 0 saturated carbocycles. The molecule has 3 aliphatic heterocycles. The monoisotopic (exact) mass is 518 g/mol. The maximum absolute atomic E-state index is 13.3. The number of ether oxygens (including phenoxy) is 1. The van der Waals surface area contributed by atoms with E-state index in [0.29, 0.717) is 26.2 Å². The third kappa shape index (κ3) is 6.32. The van der Waals surface area contributed by atoms with Gasteiger partial charge in [0.2, 0.25) is 11.8 Å². The number of amides is 2. The molecule has 3 heterocycles. The average Bonchev–Trinajstić information content (AvgIpc) is 2.93. The van der Waals surface area contributed by atoms with Crippen LogP contribution in [-0.2, 0) is 29.0 Å². The van der Waals surface area contributed by atoms with Crippen molar-refractivity contribution in [2.24, 2.45) is 5.41 Å². The van der Waals surface area contributed by atoms with Crippen molar-refractivity contribution in [3.63, 3.8) is 0 Å². The van der Waals surface area contributed by atoms with Crippen LogP contribution in [-0.4, -0.2) is 63.1 Å². The van der Waals surface area contributed by atoms with Crippen LogP contribution < -0.4 is 20.3 Å². The van der Waals surface area contributed by atoms with Crippen molar-refractivity contribution in [2.75, 3.05) is 51.3 Å². The molecule has 0 aliphatic carbocycles. The molecule has 0 aromatic heterocycles. The molecule has 7 heteroatoms. The molecule has 0 unspecified atom stereocenters. The third-order valence-corrected chi connectivity index (χ3v) is 8.62. The molecular formula is C31H42N4O3.